The Morgan fingerprint density at radius 1 is 1.26 bits per heavy atom. The van der Waals surface area contributed by atoms with Crippen molar-refractivity contribution in [1.29, 1.82) is 0 Å². The highest BCUT2D eigenvalue weighted by Crippen LogP contribution is 2.33. The number of benzene rings is 1. The Kier molecular flexibility index (Phi) is 5.31. The van der Waals surface area contributed by atoms with Crippen LogP contribution in [0.3, 0.4) is 0 Å². The Morgan fingerprint density at radius 3 is 2.87 bits per heavy atom. The fourth-order valence-corrected chi connectivity index (χ4v) is 2.85. The second-order valence-corrected chi connectivity index (χ2v) is 5.67. The zero-order valence-electron chi connectivity index (χ0n) is 13.4. The number of rotatable bonds is 4. The number of hydrogen-bond donors (Lipinski definition) is 0. The summed E-state index contributed by atoms with van der Waals surface area (Å²) in [5.74, 6) is 0.400. The van der Waals surface area contributed by atoms with Crippen LogP contribution < -0.4 is 4.74 Å². The molecule has 1 atom stereocenters. The second kappa shape index (κ2) is 7.62. The van der Waals surface area contributed by atoms with Crippen LogP contribution in [0, 0.1) is 0 Å². The summed E-state index contributed by atoms with van der Waals surface area (Å²) in [5, 5.41) is 0. The van der Waals surface area contributed by atoms with Crippen molar-refractivity contribution in [3.05, 3.63) is 35.4 Å². The van der Waals surface area contributed by atoms with E-state index < -0.39 is 0 Å². The monoisotopic (exact) mass is 318 g/mol. The predicted octanol–water partition coefficient (Wildman–Crippen LogP) is 3.18. The minimum atomic E-state index is -0.348. The van der Waals surface area contributed by atoms with E-state index in [1.807, 2.05) is 18.2 Å². The minimum Gasteiger partial charge on any atom is -0.465 e. The first-order valence-electron chi connectivity index (χ1n) is 8.05. The molecule has 0 radical (unpaired) electrons. The van der Waals surface area contributed by atoms with E-state index in [-0.39, 0.29) is 12.3 Å². The first kappa shape index (κ1) is 16.0. The molecule has 1 aromatic carbocycles. The number of carbonyl (C=O) groups is 1. The summed E-state index contributed by atoms with van der Waals surface area (Å²) in [4.78, 5) is 11.8. The number of esters is 1. The Hall–Kier alpha value is -1.85. The first-order valence-corrected chi connectivity index (χ1v) is 8.05. The van der Waals surface area contributed by atoms with Gasteiger partial charge in [-0.2, -0.15) is 0 Å². The van der Waals surface area contributed by atoms with Gasteiger partial charge in [-0.15, -0.1) is 0 Å². The van der Waals surface area contributed by atoms with Crippen LogP contribution in [0.1, 0.15) is 41.6 Å². The predicted molar refractivity (Wildman–Crippen MR) is 85.4 cm³/mol. The van der Waals surface area contributed by atoms with E-state index in [0.29, 0.717) is 18.8 Å². The molecule has 23 heavy (non-hydrogen) atoms. The van der Waals surface area contributed by atoms with Crippen molar-refractivity contribution >= 4 is 11.5 Å². The first-order chi connectivity index (χ1) is 11.3. The second-order valence-electron chi connectivity index (χ2n) is 5.67. The normalized spacial score (nSPS) is 21.4. The van der Waals surface area contributed by atoms with Crippen molar-refractivity contribution in [1.82, 2.24) is 0 Å². The third kappa shape index (κ3) is 3.92. The molecule has 1 unspecified atom stereocenters. The van der Waals surface area contributed by atoms with Crippen molar-refractivity contribution in [2.24, 2.45) is 0 Å². The summed E-state index contributed by atoms with van der Waals surface area (Å²) in [7, 11) is 1.38. The summed E-state index contributed by atoms with van der Waals surface area (Å²) in [6, 6.07) is 5.39. The van der Waals surface area contributed by atoms with Crippen LogP contribution >= 0.6 is 0 Å². The molecule has 1 saturated heterocycles. The number of carbonyl (C=O) groups excluding carboxylic acids is 1. The van der Waals surface area contributed by atoms with Gasteiger partial charge in [0.2, 0.25) is 0 Å². The topological polar surface area (TPSA) is 54.0 Å². The van der Waals surface area contributed by atoms with Gasteiger partial charge in [-0.05, 0) is 43.0 Å². The minimum absolute atomic E-state index is 0.216. The summed E-state index contributed by atoms with van der Waals surface area (Å²) in [6.45, 7) is 1.99. The Balaban J connectivity index is 1.89. The molecule has 2 aliphatic rings. The van der Waals surface area contributed by atoms with Crippen molar-refractivity contribution in [2.45, 2.75) is 32.0 Å². The summed E-state index contributed by atoms with van der Waals surface area (Å²) in [5.41, 5.74) is 2.57. The molecule has 0 aliphatic carbocycles. The fraction of sp³-hybridized carbons (Fsp3) is 0.500. The van der Waals surface area contributed by atoms with Crippen LogP contribution in [0.5, 0.6) is 5.75 Å². The van der Waals surface area contributed by atoms with Gasteiger partial charge in [-0.3, -0.25) is 0 Å². The molecule has 0 saturated carbocycles. The summed E-state index contributed by atoms with van der Waals surface area (Å²) in [6.07, 6.45) is 5.70. The number of hydrogen-bond acceptors (Lipinski definition) is 5. The van der Waals surface area contributed by atoms with E-state index in [9.17, 15) is 4.79 Å². The molecule has 2 aliphatic heterocycles. The number of methoxy groups -OCH3 is 1. The van der Waals surface area contributed by atoms with Crippen LogP contribution in [0.4, 0.5) is 0 Å². The standard InChI is InChI=1S/C18H22O5/c1-20-18(19)14-5-6-16(23-17-4-2-3-9-22-17)15(12-14)13-7-10-21-11-8-13/h5-7,12,17H,2-4,8-11H2,1H3. The largest absolute Gasteiger partial charge is 0.465 e. The average molecular weight is 318 g/mol. The van der Waals surface area contributed by atoms with Crippen LogP contribution in [0.25, 0.3) is 5.57 Å². The molecule has 1 fully saturated rings. The zero-order chi connectivity index (χ0) is 16.1. The lowest BCUT2D eigenvalue weighted by molar-refractivity contribution is -0.106. The van der Waals surface area contributed by atoms with Gasteiger partial charge >= 0.3 is 5.97 Å². The van der Waals surface area contributed by atoms with E-state index in [2.05, 4.69) is 0 Å². The van der Waals surface area contributed by atoms with E-state index in [0.717, 1.165) is 49.2 Å². The van der Waals surface area contributed by atoms with Gasteiger partial charge in [-0.1, -0.05) is 6.08 Å². The maximum atomic E-state index is 11.8. The molecular weight excluding hydrogens is 296 g/mol. The van der Waals surface area contributed by atoms with Crippen molar-refractivity contribution < 1.29 is 23.7 Å². The third-order valence-electron chi connectivity index (χ3n) is 4.11. The van der Waals surface area contributed by atoms with Crippen molar-refractivity contribution in [3.63, 3.8) is 0 Å². The number of ether oxygens (including phenoxy) is 4. The summed E-state index contributed by atoms with van der Waals surface area (Å²) < 4.78 is 21.9. The molecule has 0 amide bonds. The van der Waals surface area contributed by atoms with Crippen molar-refractivity contribution in [2.75, 3.05) is 26.9 Å². The van der Waals surface area contributed by atoms with Crippen LogP contribution in [-0.2, 0) is 14.2 Å². The Bertz CT molecular complexity index is 587. The highest BCUT2D eigenvalue weighted by molar-refractivity contribution is 5.91. The van der Waals surface area contributed by atoms with E-state index >= 15 is 0 Å². The maximum Gasteiger partial charge on any atom is 0.337 e. The molecule has 124 valence electrons. The molecule has 0 spiro atoms. The van der Waals surface area contributed by atoms with Gasteiger partial charge in [0.05, 0.1) is 32.5 Å². The third-order valence-corrected chi connectivity index (χ3v) is 4.11. The van der Waals surface area contributed by atoms with Gasteiger partial charge in [0.15, 0.2) is 6.29 Å². The lowest BCUT2D eigenvalue weighted by Gasteiger charge is -2.25. The van der Waals surface area contributed by atoms with Crippen LogP contribution in [0.2, 0.25) is 0 Å². The molecule has 0 aromatic heterocycles. The van der Waals surface area contributed by atoms with Crippen LogP contribution in [-0.4, -0.2) is 39.2 Å². The quantitative estimate of drug-likeness (QED) is 0.798. The van der Waals surface area contributed by atoms with Crippen LogP contribution in [0.15, 0.2) is 24.3 Å². The highest BCUT2D eigenvalue weighted by atomic mass is 16.7. The van der Waals surface area contributed by atoms with E-state index in [1.165, 1.54) is 7.11 Å². The van der Waals surface area contributed by atoms with Crippen molar-refractivity contribution in [3.8, 4) is 5.75 Å². The molecule has 0 bridgehead atoms. The lowest BCUT2D eigenvalue weighted by Crippen LogP contribution is -2.25. The van der Waals surface area contributed by atoms with Gasteiger partial charge in [0, 0.05) is 12.0 Å². The highest BCUT2D eigenvalue weighted by Gasteiger charge is 2.20. The van der Waals surface area contributed by atoms with Gasteiger partial charge in [0.25, 0.3) is 0 Å². The van der Waals surface area contributed by atoms with Gasteiger partial charge in [-0.25, -0.2) is 4.79 Å². The average Bonchev–Trinajstić information content (AvgIpc) is 2.63. The maximum absolute atomic E-state index is 11.8. The Labute approximate surface area is 136 Å². The molecule has 0 N–H and O–H groups in total. The lowest BCUT2D eigenvalue weighted by atomic mass is 9.98. The van der Waals surface area contributed by atoms with E-state index in [4.69, 9.17) is 18.9 Å². The molecule has 3 rings (SSSR count). The van der Waals surface area contributed by atoms with E-state index in [1.54, 1.807) is 6.07 Å². The van der Waals surface area contributed by atoms with Gasteiger partial charge < -0.3 is 18.9 Å². The summed E-state index contributed by atoms with van der Waals surface area (Å²) >= 11 is 0. The molecule has 5 heteroatoms. The fourth-order valence-electron chi connectivity index (χ4n) is 2.85. The zero-order valence-corrected chi connectivity index (χ0v) is 13.4. The molecular formula is C18H22O5. The molecule has 1 aromatic rings. The molecule has 2 heterocycles. The Morgan fingerprint density at radius 2 is 2.17 bits per heavy atom. The SMILES string of the molecule is COC(=O)c1ccc(OC2CCCCO2)c(C2=CCOCC2)c1. The van der Waals surface area contributed by atoms with Gasteiger partial charge in [0.1, 0.15) is 5.75 Å². The molecule has 5 nitrogen and oxygen atoms in total. The smallest absolute Gasteiger partial charge is 0.337 e.